The first-order valence-corrected chi connectivity index (χ1v) is 18.4. The average molecular weight is 690 g/mol. The summed E-state index contributed by atoms with van der Waals surface area (Å²) in [6, 6.07) is 76.0. The van der Waals surface area contributed by atoms with Crippen molar-refractivity contribution in [2.75, 3.05) is 4.90 Å². The predicted octanol–water partition coefficient (Wildman–Crippen LogP) is 14.9. The zero-order chi connectivity index (χ0) is 35.8. The molecule has 0 spiro atoms. The number of nitrogens with zero attached hydrogens (tertiary/aromatic N) is 1. The van der Waals surface area contributed by atoms with Crippen molar-refractivity contribution < 1.29 is 4.42 Å². The van der Waals surface area contributed by atoms with Crippen molar-refractivity contribution in [3.8, 4) is 44.7 Å². The molecule has 0 saturated carbocycles. The minimum Gasteiger partial charge on any atom is -0.456 e. The highest BCUT2D eigenvalue weighted by Gasteiger charge is 2.15. The number of hydrogen-bond acceptors (Lipinski definition) is 2. The maximum atomic E-state index is 6.12. The van der Waals surface area contributed by atoms with E-state index in [4.69, 9.17) is 4.42 Å². The van der Waals surface area contributed by atoms with Crippen LogP contribution in [0.2, 0.25) is 0 Å². The van der Waals surface area contributed by atoms with E-state index in [2.05, 4.69) is 199 Å². The zero-order valence-electron chi connectivity index (χ0n) is 29.6. The van der Waals surface area contributed by atoms with Crippen molar-refractivity contribution in [3.05, 3.63) is 212 Å². The Bertz CT molecular complexity index is 2750. The summed E-state index contributed by atoms with van der Waals surface area (Å²) >= 11 is 0. The Morgan fingerprint density at radius 3 is 1.07 bits per heavy atom. The molecule has 54 heavy (non-hydrogen) atoms. The monoisotopic (exact) mass is 689 g/mol. The first-order valence-electron chi connectivity index (χ1n) is 18.4. The second kappa shape index (κ2) is 13.4. The smallest absolute Gasteiger partial charge is 0.135 e. The fourth-order valence-electron chi connectivity index (χ4n) is 7.54. The van der Waals surface area contributed by atoms with Crippen molar-refractivity contribution in [2.45, 2.75) is 0 Å². The van der Waals surface area contributed by atoms with E-state index in [0.717, 1.165) is 50.5 Å². The largest absolute Gasteiger partial charge is 0.456 e. The second-order valence-corrected chi connectivity index (χ2v) is 13.8. The minimum atomic E-state index is 0.881. The van der Waals surface area contributed by atoms with Crippen LogP contribution in [0, 0.1) is 0 Å². The molecule has 0 bridgehead atoms. The van der Waals surface area contributed by atoms with Crippen LogP contribution in [-0.2, 0) is 0 Å². The van der Waals surface area contributed by atoms with Crippen LogP contribution in [0.5, 0.6) is 0 Å². The first-order chi connectivity index (χ1) is 26.7. The molecule has 0 aliphatic heterocycles. The molecule has 0 saturated heterocycles. The number of hydrogen-bond donors (Lipinski definition) is 0. The maximum Gasteiger partial charge on any atom is 0.135 e. The van der Waals surface area contributed by atoms with Gasteiger partial charge in [-0.3, -0.25) is 0 Å². The standard InChI is InChI=1S/C52H35NO/c1-3-9-43-33-45(19-15-36(43)7-1)40-23-29-49(30-24-40)53(50-31-25-41(26-32-50)46-20-16-37-8-2-4-10-44(37)34-46)48-27-21-39(22-28-48)38-13-17-42(18-14-38)52-35-47-11-5-6-12-51(47)54-52/h1-35H. The molecule has 0 fully saturated rings. The molecular formula is C52H35NO. The van der Waals surface area contributed by atoms with Crippen molar-refractivity contribution in [3.63, 3.8) is 0 Å². The van der Waals surface area contributed by atoms with E-state index in [1.165, 1.54) is 43.8 Å². The van der Waals surface area contributed by atoms with Crippen LogP contribution < -0.4 is 4.90 Å². The van der Waals surface area contributed by atoms with Gasteiger partial charge in [0.1, 0.15) is 11.3 Å². The second-order valence-electron chi connectivity index (χ2n) is 13.8. The van der Waals surface area contributed by atoms with Crippen molar-refractivity contribution in [1.29, 1.82) is 0 Å². The number of furan rings is 1. The summed E-state index contributed by atoms with van der Waals surface area (Å²) in [4.78, 5) is 2.34. The van der Waals surface area contributed by atoms with E-state index in [1.54, 1.807) is 0 Å². The third kappa shape index (κ3) is 6.00. The van der Waals surface area contributed by atoms with Gasteiger partial charge in [0.25, 0.3) is 0 Å². The van der Waals surface area contributed by atoms with E-state index in [9.17, 15) is 0 Å². The van der Waals surface area contributed by atoms with E-state index in [-0.39, 0.29) is 0 Å². The quantitative estimate of drug-likeness (QED) is 0.166. The van der Waals surface area contributed by atoms with Gasteiger partial charge < -0.3 is 9.32 Å². The molecule has 0 unspecified atom stereocenters. The lowest BCUT2D eigenvalue weighted by molar-refractivity contribution is 0.631. The summed E-state index contributed by atoms with van der Waals surface area (Å²) < 4.78 is 6.12. The molecule has 10 rings (SSSR count). The van der Waals surface area contributed by atoms with Gasteiger partial charge in [-0.2, -0.15) is 0 Å². The normalized spacial score (nSPS) is 11.3. The van der Waals surface area contributed by atoms with Crippen molar-refractivity contribution in [1.82, 2.24) is 0 Å². The third-order valence-electron chi connectivity index (χ3n) is 10.5. The summed E-state index contributed by atoms with van der Waals surface area (Å²) in [5.74, 6) is 0.881. The van der Waals surface area contributed by atoms with Gasteiger partial charge in [0.15, 0.2) is 0 Å². The van der Waals surface area contributed by atoms with Gasteiger partial charge in [0.05, 0.1) is 0 Å². The average Bonchev–Trinajstić information content (AvgIpc) is 3.69. The lowest BCUT2D eigenvalue weighted by Gasteiger charge is -2.26. The Hall–Kier alpha value is -7.16. The van der Waals surface area contributed by atoms with Crippen molar-refractivity contribution in [2.24, 2.45) is 0 Å². The van der Waals surface area contributed by atoms with Crippen LogP contribution in [-0.4, -0.2) is 0 Å². The minimum absolute atomic E-state index is 0.881. The molecule has 9 aromatic carbocycles. The molecule has 0 radical (unpaired) electrons. The molecule has 2 heteroatoms. The Kier molecular flexibility index (Phi) is 7.85. The Balaban J connectivity index is 0.980. The Labute approximate surface area is 314 Å². The lowest BCUT2D eigenvalue weighted by Crippen LogP contribution is -2.09. The van der Waals surface area contributed by atoms with Gasteiger partial charge in [0, 0.05) is 28.0 Å². The zero-order valence-corrected chi connectivity index (χ0v) is 29.6. The van der Waals surface area contributed by atoms with Crippen LogP contribution in [0.4, 0.5) is 17.1 Å². The highest BCUT2D eigenvalue weighted by Crippen LogP contribution is 2.39. The highest BCUT2D eigenvalue weighted by molar-refractivity contribution is 5.90. The molecule has 1 heterocycles. The number of para-hydroxylation sites is 1. The van der Waals surface area contributed by atoms with Gasteiger partial charge in [-0.1, -0.05) is 152 Å². The van der Waals surface area contributed by atoms with Crippen LogP contribution in [0.15, 0.2) is 217 Å². The first kappa shape index (κ1) is 31.6. The number of fused-ring (bicyclic) bond motifs is 3. The molecule has 0 aliphatic carbocycles. The maximum absolute atomic E-state index is 6.12. The highest BCUT2D eigenvalue weighted by atomic mass is 16.3. The van der Waals surface area contributed by atoms with E-state index in [0.29, 0.717) is 0 Å². The fourth-order valence-corrected chi connectivity index (χ4v) is 7.54. The summed E-state index contributed by atoms with van der Waals surface area (Å²) in [5, 5.41) is 6.11. The Morgan fingerprint density at radius 2 is 0.611 bits per heavy atom. The lowest BCUT2D eigenvalue weighted by atomic mass is 10.00. The fraction of sp³-hybridized carbons (Fsp3) is 0. The van der Waals surface area contributed by atoms with Gasteiger partial charge >= 0.3 is 0 Å². The molecule has 254 valence electrons. The van der Waals surface area contributed by atoms with E-state index >= 15 is 0 Å². The van der Waals surface area contributed by atoms with Gasteiger partial charge in [-0.15, -0.1) is 0 Å². The van der Waals surface area contributed by atoms with E-state index < -0.39 is 0 Å². The number of anilines is 3. The number of benzene rings is 9. The Morgan fingerprint density at radius 1 is 0.259 bits per heavy atom. The molecule has 0 amide bonds. The van der Waals surface area contributed by atoms with Crippen molar-refractivity contribution >= 4 is 49.6 Å². The molecule has 0 N–H and O–H groups in total. The molecule has 1 aromatic heterocycles. The van der Waals surface area contributed by atoms with Crippen LogP contribution in [0.25, 0.3) is 77.2 Å². The number of rotatable bonds is 7. The SMILES string of the molecule is c1ccc2cc(-c3ccc(N(c4ccc(-c5ccc(-c6cc7ccccc7o6)cc5)cc4)c4ccc(-c5ccc6ccccc6c5)cc4)cc3)ccc2c1. The molecular weight excluding hydrogens is 655 g/mol. The van der Waals surface area contributed by atoms with Crippen LogP contribution in [0.3, 0.4) is 0 Å². The van der Waals surface area contributed by atoms with Gasteiger partial charge in [0.2, 0.25) is 0 Å². The molecule has 10 aromatic rings. The molecule has 0 atom stereocenters. The molecule has 0 aliphatic rings. The third-order valence-corrected chi connectivity index (χ3v) is 10.5. The van der Waals surface area contributed by atoms with E-state index in [1.807, 2.05) is 18.2 Å². The summed E-state index contributed by atoms with van der Waals surface area (Å²) in [6.45, 7) is 0. The molecule has 2 nitrogen and oxygen atoms in total. The summed E-state index contributed by atoms with van der Waals surface area (Å²) in [5.41, 5.74) is 12.4. The van der Waals surface area contributed by atoms with Gasteiger partial charge in [-0.25, -0.2) is 0 Å². The van der Waals surface area contributed by atoms with Crippen LogP contribution >= 0.6 is 0 Å². The predicted molar refractivity (Wildman–Crippen MR) is 228 cm³/mol. The summed E-state index contributed by atoms with van der Waals surface area (Å²) in [6.07, 6.45) is 0. The summed E-state index contributed by atoms with van der Waals surface area (Å²) in [7, 11) is 0. The topological polar surface area (TPSA) is 16.4 Å². The van der Waals surface area contributed by atoms with Crippen LogP contribution in [0.1, 0.15) is 0 Å². The van der Waals surface area contributed by atoms with Gasteiger partial charge in [-0.05, 0) is 116 Å².